The fourth-order valence-electron chi connectivity index (χ4n) is 4.02. The van der Waals surface area contributed by atoms with Crippen LogP contribution in [0.3, 0.4) is 0 Å². The Bertz CT molecular complexity index is 731. The molecule has 0 N–H and O–H groups in total. The van der Waals surface area contributed by atoms with Crippen LogP contribution in [-0.2, 0) is 16.0 Å². The van der Waals surface area contributed by atoms with Crippen LogP contribution in [0.1, 0.15) is 31.7 Å². The number of likely N-dealkylation sites (tertiary alicyclic amines) is 1. The van der Waals surface area contributed by atoms with Crippen LogP contribution in [0.2, 0.25) is 0 Å². The molecule has 2 heterocycles. The molecule has 0 spiro atoms. The third kappa shape index (κ3) is 4.86. The van der Waals surface area contributed by atoms with Crippen LogP contribution in [0.25, 0.3) is 0 Å². The highest BCUT2D eigenvalue weighted by Gasteiger charge is 2.28. The van der Waals surface area contributed by atoms with E-state index in [1.807, 2.05) is 4.90 Å². The SMILES string of the molecule is CC1CCCCN1C(=O)CN1CCN(C(=O)Cc2ccccc2[N+](=O)[O-])CC1. The van der Waals surface area contributed by atoms with Gasteiger partial charge >= 0.3 is 0 Å². The number of para-hydroxylation sites is 1. The molecule has 2 aliphatic rings. The van der Waals surface area contributed by atoms with Gasteiger partial charge in [0.05, 0.1) is 17.9 Å². The van der Waals surface area contributed by atoms with E-state index in [0.717, 1.165) is 19.4 Å². The zero-order valence-corrected chi connectivity index (χ0v) is 16.4. The van der Waals surface area contributed by atoms with Crippen LogP contribution in [0, 0.1) is 10.1 Å². The molecular formula is C20H28N4O4. The molecule has 2 saturated heterocycles. The molecule has 2 amide bonds. The Kier molecular flexibility index (Phi) is 6.61. The third-order valence-corrected chi connectivity index (χ3v) is 5.74. The third-order valence-electron chi connectivity index (χ3n) is 5.74. The minimum absolute atomic E-state index is 0.0178. The largest absolute Gasteiger partial charge is 0.340 e. The van der Waals surface area contributed by atoms with Gasteiger partial charge in [-0.05, 0) is 26.2 Å². The van der Waals surface area contributed by atoms with Crippen molar-refractivity contribution in [3.8, 4) is 0 Å². The van der Waals surface area contributed by atoms with Crippen molar-refractivity contribution in [3.05, 3.63) is 39.9 Å². The van der Waals surface area contributed by atoms with Crippen molar-refractivity contribution in [1.29, 1.82) is 0 Å². The summed E-state index contributed by atoms with van der Waals surface area (Å²) >= 11 is 0. The number of benzene rings is 1. The van der Waals surface area contributed by atoms with Crippen molar-refractivity contribution in [2.75, 3.05) is 39.3 Å². The summed E-state index contributed by atoms with van der Waals surface area (Å²) in [4.78, 5) is 41.6. The second-order valence-electron chi connectivity index (χ2n) is 7.65. The van der Waals surface area contributed by atoms with Crippen molar-refractivity contribution in [2.24, 2.45) is 0 Å². The lowest BCUT2D eigenvalue weighted by molar-refractivity contribution is -0.385. The molecule has 152 valence electrons. The van der Waals surface area contributed by atoms with Gasteiger partial charge in [0.25, 0.3) is 5.69 Å². The fourth-order valence-corrected chi connectivity index (χ4v) is 4.02. The molecule has 2 fully saturated rings. The van der Waals surface area contributed by atoms with E-state index in [-0.39, 0.29) is 23.9 Å². The molecule has 0 aliphatic carbocycles. The smallest absolute Gasteiger partial charge is 0.273 e. The Morgan fingerprint density at radius 1 is 1.07 bits per heavy atom. The van der Waals surface area contributed by atoms with Gasteiger partial charge in [0.1, 0.15) is 0 Å². The summed E-state index contributed by atoms with van der Waals surface area (Å²) in [7, 11) is 0. The molecule has 28 heavy (non-hydrogen) atoms. The molecule has 1 atom stereocenters. The van der Waals surface area contributed by atoms with E-state index < -0.39 is 4.92 Å². The Morgan fingerprint density at radius 3 is 2.46 bits per heavy atom. The first-order chi connectivity index (χ1) is 13.5. The first-order valence-electron chi connectivity index (χ1n) is 9.97. The number of nitrogens with zero attached hydrogens (tertiary/aromatic N) is 4. The Balaban J connectivity index is 1.49. The van der Waals surface area contributed by atoms with E-state index in [1.54, 1.807) is 23.1 Å². The Morgan fingerprint density at radius 2 is 1.79 bits per heavy atom. The van der Waals surface area contributed by atoms with Crippen LogP contribution in [0.5, 0.6) is 0 Å². The highest BCUT2D eigenvalue weighted by Crippen LogP contribution is 2.20. The summed E-state index contributed by atoms with van der Waals surface area (Å²) < 4.78 is 0. The highest BCUT2D eigenvalue weighted by molar-refractivity contribution is 5.80. The van der Waals surface area contributed by atoms with Gasteiger partial charge in [0.15, 0.2) is 0 Å². The summed E-state index contributed by atoms with van der Waals surface area (Å²) in [5.74, 6) is 0.0665. The number of amides is 2. The van der Waals surface area contributed by atoms with Crippen molar-refractivity contribution < 1.29 is 14.5 Å². The number of hydrogen-bond acceptors (Lipinski definition) is 5. The number of hydrogen-bond donors (Lipinski definition) is 0. The van der Waals surface area contributed by atoms with Gasteiger partial charge in [0, 0.05) is 50.4 Å². The van der Waals surface area contributed by atoms with Crippen LogP contribution in [0.15, 0.2) is 24.3 Å². The van der Waals surface area contributed by atoms with Crippen molar-refractivity contribution >= 4 is 17.5 Å². The van der Waals surface area contributed by atoms with E-state index in [0.29, 0.717) is 44.3 Å². The highest BCUT2D eigenvalue weighted by atomic mass is 16.6. The zero-order valence-electron chi connectivity index (χ0n) is 16.4. The number of carbonyl (C=O) groups is 2. The van der Waals surface area contributed by atoms with Crippen LogP contribution in [-0.4, -0.2) is 76.7 Å². The Hall–Kier alpha value is -2.48. The summed E-state index contributed by atoms with van der Waals surface area (Å²) in [6.45, 7) is 5.74. The maximum atomic E-state index is 12.6. The molecular weight excluding hydrogens is 360 g/mol. The predicted molar refractivity (Wildman–Crippen MR) is 105 cm³/mol. The van der Waals surface area contributed by atoms with Crippen molar-refractivity contribution in [3.63, 3.8) is 0 Å². The minimum atomic E-state index is -0.451. The molecule has 3 rings (SSSR count). The van der Waals surface area contributed by atoms with Crippen molar-refractivity contribution in [1.82, 2.24) is 14.7 Å². The molecule has 1 aromatic rings. The lowest BCUT2D eigenvalue weighted by Crippen LogP contribution is -2.53. The topological polar surface area (TPSA) is 87.0 Å². The van der Waals surface area contributed by atoms with Gasteiger partial charge in [0.2, 0.25) is 11.8 Å². The number of rotatable bonds is 5. The van der Waals surface area contributed by atoms with Crippen LogP contribution < -0.4 is 0 Å². The van der Waals surface area contributed by atoms with Crippen LogP contribution >= 0.6 is 0 Å². The first kappa shape index (κ1) is 20.3. The molecule has 0 saturated carbocycles. The molecule has 1 unspecified atom stereocenters. The first-order valence-corrected chi connectivity index (χ1v) is 9.97. The van der Waals surface area contributed by atoms with Crippen LogP contribution in [0.4, 0.5) is 5.69 Å². The molecule has 0 bridgehead atoms. The normalized spacial score (nSPS) is 20.8. The van der Waals surface area contributed by atoms with E-state index in [4.69, 9.17) is 0 Å². The van der Waals surface area contributed by atoms with Crippen molar-refractivity contribution in [2.45, 2.75) is 38.6 Å². The number of nitro groups is 1. The molecule has 0 radical (unpaired) electrons. The van der Waals surface area contributed by atoms with E-state index in [1.165, 1.54) is 12.5 Å². The minimum Gasteiger partial charge on any atom is -0.340 e. The number of piperidine rings is 1. The lowest BCUT2D eigenvalue weighted by Gasteiger charge is -2.38. The fraction of sp³-hybridized carbons (Fsp3) is 0.600. The summed E-state index contributed by atoms with van der Waals surface area (Å²) in [6.07, 6.45) is 3.36. The van der Waals surface area contributed by atoms with Gasteiger partial charge in [-0.1, -0.05) is 18.2 Å². The standard InChI is InChI=1S/C20H28N4O4/c1-16-6-4-5-9-23(16)20(26)15-21-10-12-22(13-11-21)19(25)14-17-7-2-3-8-18(17)24(27)28/h2-3,7-8,16H,4-6,9-15H2,1H3. The van der Waals surface area contributed by atoms with Gasteiger partial charge in [-0.3, -0.25) is 24.6 Å². The van der Waals surface area contributed by atoms with E-state index >= 15 is 0 Å². The monoisotopic (exact) mass is 388 g/mol. The maximum absolute atomic E-state index is 12.6. The number of carbonyl (C=O) groups excluding carboxylic acids is 2. The van der Waals surface area contributed by atoms with Gasteiger partial charge in [-0.2, -0.15) is 0 Å². The molecule has 0 aromatic heterocycles. The molecule has 8 heteroatoms. The van der Waals surface area contributed by atoms with Gasteiger partial charge < -0.3 is 9.80 Å². The van der Waals surface area contributed by atoms with E-state index in [2.05, 4.69) is 11.8 Å². The quantitative estimate of drug-likeness (QED) is 0.566. The number of piperazine rings is 1. The summed E-state index contributed by atoms with van der Waals surface area (Å²) in [5, 5.41) is 11.1. The summed E-state index contributed by atoms with van der Waals surface area (Å²) in [5.41, 5.74) is 0.421. The second kappa shape index (κ2) is 9.14. The molecule has 1 aromatic carbocycles. The lowest BCUT2D eigenvalue weighted by atomic mass is 10.0. The second-order valence-corrected chi connectivity index (χ2v) is 7.65. The maximum Gasteiger partial charge on any atom is 0.273 e. The van der Waals surface area contributed by atoms with Gasteiger partial charge in [-0.25, -0.2) is 0 Å². The predicted octanol–water partition coefficient (Wildman–Crippen LogP) is 1.68. The number of nitro benzene ring substituents is 1. The summed E-state index contributed by atoms with van der Waals surface area (Å²) in [6, 6.07) is 6.68. The Labute approximate surface area is 165 Å². The van der Waals surface area contributed by atoms with E-state index in [9.17, 15) is 19.7 Å². The van der Waals surface area contributed by atoms with Gasteiger partial charge in [-0.15, -0.1) is 0 Å². The molecule has 2 aliphatic heterocycles. The average Bonchev–Trinajstić information content (AvgIpc) is 2.69. The average molecular weight is 388 g/mol. The zero-order chi connectivity index (χ0) is 20.1. The molecule has 8 nitrogen and oxygen atoms in total.